The molecule has 0 aliphatic rings. The van der Waals surface area contributed by atoms with E-state index in [1.54, 1.807) is 7.11 Å². The van der Waals surface area contributed by atoms with Gasteiger partial charge in [-0.15, -0.1) is 0 Å². The largest absolute Gasteiger partial charge is 0.380 e. The van der Waals surface area contributed by atoms with Crippen molar-refractivity contribution in [3.63, 3.8) is 0 Å². The molecule has 0 aliphatic carbocycles. The molecule has 1 unspecified atom stereocenters. The van der Waals surface area contributed by atoms with Crippen LogP contribution >= 0.6 is 0 Å². The third kappa shape index (κ3) is 4.70. The quantitative estimate of drug-likeness (QED) is 0.857. The van der Waals surface area contributed by atoms with Crippen LogP contribution in [0.3, 0.4) is 0 Å². The molecule has 0 heterocycles. The first-order valence-corrected chi connectivity index (χ1v) is 6.87. The second kappa shape index (κ2) is 7.57. The van der Waals surface area contributed by atoms with E-state index in [2.05, 4.69) is 5.32 Å². The lowest BCUT2D eigenvalue weighted by atomic mass is 10.0. The van der Waals surface area contributed by atoms with Crippen LogP contribution in [0.25, 0.3) is 0 Å². The first-order chi connectivity index (χ1) is 10.2. The summed E-state index contributed by atoms with van der Waals surface area (Å²) in [5.74, 6) is -0.0964. The molecule has 0 saturated heterocycles. The van der Waals surface area contributed by atoms with Crippen molar-refractivity contribution in [3.8, 4) is 0 Å². The first-order valence-electron chi connectivity index (χ1n) is 6.87. The standard InChI is InChI=1S/C17H20N2O2/c1-21-12-13-6-5-9-15(10-13)19-17(20)11-16(18)14-7-3-2-4-8-14/h2-10,16H,11-12,18H2,1H3,(H,19,20). The van der Waals surface area contributed by atoms with E-state index in [1.807, 2.05) is 54.6 Å². The van der Waals surface area contributed by atoms with E-state index in [-0.39, 0.29) is 18.4 Å². The number of nitrogens with two attached hydrogens (primary N) is 1. The number of rotatable bonds is 6. The zero-order valence-electron chi connectivity index (χ0n) is 12.1. The van der Waals surface area contributed by atoms with Gasteiger partial charge in [0, 0.05) is 25.3 Å². The highest BCUT2D eigenvalue weighted by molar-refractivity contribution is 5.91. The van der Waals surface area contributed by atoms with Gasteiger partial charge >= 0.3 is 0 Å². The normalized spacial score (nSPS) is 11.9. The summed E-state index contributed by atoms with van der Waals surface area (Å²) in [6.45, 7) is 0.521. The van der Waals surface area contributed by atoms with Gasteiger partial charge in [-0.2, -0.15) is 0 Å². The number of carbonyl (C=O) groups is 1. The molecule has 4 heteroatoms. The average Bonchev–Trinajstić information content (AvgIpc) is 2.48. The van der Waals surface area contributed by atoms with E-state index in [1.165, 1.54) is 0 Å². The van der Waals surface area contributed by atoms with E-state index >= 15 is 0 Å². The van der Waals surface area contributed by atoms with Crippen molar-refractivity contribution in [1.29, 1.82) is 0 Å². The Morgan fingerprint density at radius 2 is 1.95 bits per heavy atom. The highest BCUT2D eigenvalue weighted by Gasteiger charge is 2.11. The Morgan fingerprint density at radius 3 is 2.67 bits per heavy atom. The minimum absolute atomic E-state index is 0.0964. The summed E-state index contributed by atoms with van der Waals surface area (Å²) < 4.78 is 5.08. The van der Waals surface area contributed by atoms with Gasteiger partial charge in [0.2, 0.25) is 5.91 Å². The number of hydrogen-bond acceptors (Lipinski definition) is 3. The van der Waals surface area contributed by atoms with Gasteiger partial charge in [-0.05, 0) is 23.3 Å². The number of carbonyl (C=O) groups excluding carboxylic acids is 1. The minimum Gasteiger partial charge on any atom is -0.380 e. The molecule has 0 fully saturated rings. The molecule has 0 radical (unpaired) electrons. The second-order valence-corrected chi connectivity index (χ2v) is 4.90. The Bertz CT molecular complexity index is 584. The highest BCUT2D eigenvalue weighted by Crippen LogP contribution is 2.16. The van der Waals surface area contributed by atoms with Crippen LogP contribution in [0.4, 0.5) is 5.69 Å². The summed E-state index contributed by atoms with van der Waals surface area (Å²) in [6.07, 6.45) is 0.249. The fraction of sp³-hybridized carbons (Fsp3) is 0.235. The molecule has 0 saturated carbocycles. The molecular weight excluding hydrogens is 264 g/mol. The van der Waals surface area contributed by atoms with Crippen molar-refractivity contribution in [3.05, 3.63) is 65.7 Å². The lowest BCUT2D eigenvalue weighted by Gasteiger charge is -2.12. The summed E-state index contributed by atoms with van der Waals surface area (Å²) >= 11 is 0. The van der Waals surface area contributed by atoms with E-state index in [9.17, 15) is 4.79 Å². The number of anilines is 1. The van der Waals surface area contributed by atoms with Crippen molar-refractivity contribution in [2.24, 2.45) is 5.73 Å². The van der Waals surface area contributed by atoms with E-state index in [0.29, 0.717) is 6.61 Å². The van der Waals surface area contributed by atoms with Gasteiger partial charge < -0.3 is 15.8 Å². The van der Waals surface area contributed by atoms with E-state index in [4.69, 9.17) is 10.5 Å². The second-order valence-electron chi connectivity index (χ2n) is 4.90. The molecule has 0 bridgehead atoms. The number of methoxy groups -OCH3 is 1. The fourth-order valence-corrected chi connectivity index (χ4v) is 2.14. The van der Waals surface area contributed by atoms with Crippen molar-refractivity contribution in [1.82, 2.24) is 0 Å². The molecule has 110 valence electrons. The Hall–Kier alpha value is -2.17. The number of hydrogen-bond donors (Lipinski definition) is 2. The molecule has 21 heavy (non-hydrogen) atoms. The van der Waals surface area contributed by atoms with Crippen molar-refractivity contribution < 1.29 is 9.53 Å². The predicted octanol–water partition coefficient (Wildman–Crippen LogP) is 2.86. The third-order valence-electron chi connectivity index (χ3n) is 3.15. The molecule has 0 aliphatic heterocycles. The Kier molecular flexibility index (Phi) is 5.49. The van der Waals surface area contributed by atoms with Crippen LogP contribution in [0.2, 0.25) is 0 Å². The lowest BCUT2D eigenvalue weighted by molar-refractivity contribution is -0.116. The van der Waals surface area contributed by atoms with Crippen LogP contribution < -0.4 is 11.1 Å². The van der Waals surface area contributed by atoms with Crippen LogP contribution in [0.1, 0.15) is 23.6 Å². The average molecular weight is 284 g/mol. The zero-order valence-corrected chi connectivity index (χ0v) is 12.1. The van der Waals surface area contributed by atoms with Crippen molar-refractivity contribution in [2.75, 3.05) is 12.4 Å². The Labute approximate surface area is 124 Å². The summed E-state index contributed by atoms with van der Waals surface area (Å²) in [4.78, 5) is 12.0. The zero-order chi connectivity index (χ0) is 15.1. The van der Waals surface area contributed by atoms with Gasteiger partial charge in [-0.1, -0.05) is 42.5 Å². The Balaban J connectivity index is 1.94. The summed E-state index contributed by atoms with van der Waals surface area (Å²) in [5, 5.41) is 2.87. The highest BCUT2D eigenvalue weighted by atomic mass is 16.5. The number of benzene rings is 2. The SMILES string of the molecule is COCc1cccc(NC(=O)CC(N)c2ccccc2)c1. The molecule has 1 atom stereocenters. The van der Waals surface area contributed by atoms with Gasteiger partial charge in [-0.3, -0.25) is 4.79 Å². The van der Waals surface area contributed by atoms with E-state index < -0.39 is 0 Å². The van der Waals surface area contributed by atoms with Gasteiger partial charge in [0.25, 0.3) is 0 Å². The number of nitrogens with one attached hydrogen (secondary N) is 1. The smallest absolute Gasteiger partial charge is 0.226 e. The molecule has 0 aromatic heterocycles. The van der Waals surface area contributed by atoms with Gasteiger partial charge in [-0.25, -0.2) is 0 Å². The predicted molar refractivity (Wildman–Crippen MR) is 83.8 cm³/mol. The topological polar surface area (TPSA) is 64.3 Å². The van der Waals surface area contributed by atoms with Crippen LogP contribution in [0.5, 0.6) is 0 Å². The van der Waals surface area contributed by atoms with Gasteiger partial charge in [0.05, 0.1) is 6.61 Å². The van der Waals surface area contributed by atoms with E-state index in [0.717, 1.165) is 16.8 Å². The molecule has 2 aromatic carbocycles. The molecule has 1 amide bonds. The minimum atomic E-state index is -0.298. The van der Waals surface area contributed by atoms with Crippen LogP contribution in [0.15, 0.2) is 54.6 Å². The number of ether oxygens (including phenoxy) is 1. The first kappa shape index (κ1) is 15.2. The molecule has 3 N–H and O–H groups in total. The summed E-state index contributed by atoms with van der Waals surface area (Å²) in [7, 11) is 1.64. The van der Waals surface area contributed by atoms with Crippen LogP contribution in [0, 0.1) is 0 Å². The van der Waals surface area contributed by atoms with Crippen molar-refractivity contribution in [2.45, 2.75) is 19.1 Å². The van der Waals surface area contributed by atoms with Gasteiger partial charge in [0.1, 0.15) is 0 Å². The van der Waals surface area contributed by atoms with Crippen molar-refractivity contribution >= 4 is 11.6 Å². The summed E-state index contributed by atoms with van der Waals surface area (Å²) in [6, 6.07) is 16.9. The fourth-order valence-electron chi connectivity index (χ4n) is 2.14. The monoisotopic (exact) mass is 284 g/mol. The van der Waals surface area contributed by atoms with Crippen LogP contribution in [-0.4, -0.2) is 13.0 Å². The number of amides is 1. The molecule has 2 aromatic rings. The molecule has 4 nitrogen and oxygen atoms in total. The lowest BCUT2D eigenvalue weighted by Crippen LogP contribution is -2.20. The third-order valence-corrected chi connectivity index (χ3v) is 3.15. The summed E-state index contributed by atoms with van der Waals surface area (Å²) in [5.41, 5.74) is 8.78. The maximum atomic E-state index is 12.0. The Morgan fingerprint density at radius 1 is 1.19 bits per heavy atom. The maximum Gasteiger partial charge on any atom is 0.226 e. The maximum absolute atomic E-state index is 12.0. The molecular formula is C17H20N2O2. The molecule has 0 spiro atoms. The molecule has 2 rings (SSSR count). The van der Waals surface area contributed by atoms with Gasteiger partial charge in [0.15, 0.2) is 0 Å². The van der Waals surface area contributed by atoms with Crippen LogP contribution in [-0.2, 0) is 16.1 Å².